The normalized spacial score (nSPS) is 15.6. The van der Waals surface area contributed by atoms with Crippen LogP contribution < -0.4 is 5.32 Å². The Morgan fingerprint density at radius 2 is 2.17 bits per heavy atom. The maximum Gasteiger partial charge on any atom is 0.307 e. The number of nitrogens with zero attached hydrogens (tertiary/aromatic N) is 2. The van der Waals surface area contributed by atoms with E-state index in [4.69, 9.17) is 0 Å². The van der Waals surface area contributed by atoms with Crippen LogP contribution in [-0.4, -0.2) is 29.8 Å². The van der Waals surface area contributed by atoms with Crippen molar-refractivity contribution in [2.75, 3.05) is 19.0 Å². The molecule has 1 N–H and O–H groups in total. The van der Waals surface area contributed by atoms with Gasteiger partial charge in [-0.25, -0.2) is 0 Å². The number of rotatable bonds is 5. The maximum absolute atomic E-state index is 10.9. The number of ether oxygens (including phenoxy) is 1. The maximum atomic E-state index is 10.9. The van der Waals surface area contributed by atoms with Crippen LogP contribution >= 0.6 is 0 Å². The van der Waals surface area contributed by atoms with Crippen LogP contribution in [0, 0.1) is 0 Å². The first-order valence-corrected chi connectivity index (χ1v) is 6.44. The van der Waals surface area contributed by atoms with Crippen molar-refractivity contribution < 1.29 is 9.53 Å². The van der Waals surface area contributed by atoms with E-state index in [-0.39, 0.29) is 5.97 Å². The molecule has 0 spiro atoms. The summed E-state index contributed by atoms with van der Waals surface area (Å²) < 4.78 is 4.56. The minimum Gasteiger partial charge on any atom is -0.469 e. The van der Waals surface area contributed by atoms with Gasteiger partial charge in [0.1, 0.15) is 5.82 Å². The standard InChI is InChI=1S/C13H19N3O2/c1-18-13(17)8-9-14-12-7-6-11(15-16-12)10-4-2-3-5-10/h6-7,10H,2-5,8-9H2,1H3,(H,14,16). The van der Waals surface area contributed by atoms with Gasteiger partial charge in [-0.3, -0.25) is 4.79 Å². The van der Waals surface area contributed by atoms with Crippen LogP contribution in [0.4, 0.5) is 5.82 Å². The third-order valence-electron chi connectivity index (χ3n) is 3.32. The molecule has 1 aliphatic carbocycles. The van der Waals surface area contributed by atoms with Gasteiger partial charge < -0.3 is 10.1 Å². The van der Waals surface area contributed by atoms with Gasteiger partial charge in [0, 0.05) is 12.5 Å². The fraction of sp³-hybridized carbons (Fsp3) is 0.615. The highest BCUT2D eigenvalue weighted by molar-refractivity contribution is 5.69. The molecule has 5 nitrogen and oxygen atoms in total. The van der Waals surface area contributed by atoms with Gasteiger partial charge in [0.2, 0.25) is 0 Å². The van der Waals surface area contributed by atoms with E-state index in [0.717, 1.165) is 5.69 Å². The second-order valence-electron chi connectivity index (χ2n) is 4.58. The molecule has 98 valence electrons. The van der Waals surface area contributed by atoms with Crippen LogP contribution in [0.15, 0.2) is 12.1 Å². The third kappa shape index (κ3) is 3.42. The highest BCUT2D eigenvalue weighted by Gasteiger charge is 2.18. The SMILES string of the molecule is COC(=O)CCNc1ccc(C2CCCC2)nn1. The first-order valence-electron chi connectivity index (χ1n) is 6.44. The molecule has 2 rings (SSSR count). The molecule has 5 heteroatoms. The number of carbonyl (C=O) groups excluding carboxylic acids is 1. The smallest absolute Gasteiger partial charge is 0.307 e. The van der Waals surface area contributed by atoms with Gasteiger partial charge >= 0.3 is 5.97 Å². The zero-order valence-corrected chi connectivity index (χ0v) is 10.7. The summed E-state index contributed by atoms with van der Waals surface area (Å²) in [7, 11) is 1.39. The summed E-state index contributed by atoms with van der Waals surface area (Å²) >= 11 is 0. The Morgan fingerprint density at radius 1 is 1.39 bits per heavy atom. The molecule has 0 amide bonds. The van der Waals surface area contributed by atoms with Crippen LogP contribution in [-0.2, 0) is 9.53 Å². The Bertz CT molecular complexity index is 386. The molecule has 0 bridgehead atoms. The lowest BCUT2D eigenvalue weighted by molar-refractivity contribution is -0.140. The second-order valence-corrected chi connectivity index (χ2v) is 4.58. The summed E-state index contributed by atoms with van der Waals surface area (Å²) in [5.41, 5.74) is 1.09. The monoisotopic (exact) mass is 249 g/mol. The van der Waals surface area contributed by atoms with Gasteiger partial charge in [0.05, 0.1) is 19.2 Å². The van der Waals surface area contributed by atoms with Gasteiger partial charge in [0.15, 0.2) is 0 Å². The zero-order valence-electron chi connectivity index (χ0n) is 10.7. The van der Waals surface area contributed by atoms with E-state index in [2.05, 4.69) is 20.3 Å². The minimum atomic E-state index is -0.224. The molecule has 0 aliphatic heterocycles. The van der Waals surface area contributed by atoms with Crippen LogP contribution in [0.5, 0.6) is 0 Å². The van der Waals surface area contributed by atoms with Crippen LogP contribution in [0.1, 0.15) is 43.7 Å². The van der Waals surface area contributed by atoms with E-state index in [1.807, 2.05) is 12.1 Å². The summed E-state index contributed by atoms with van der Waals surface area (Å²) in [6, 6.07) is 3.96. The van der Waals surface area contributed by atoms with E-state index in [0.29, 0.717) is 24.7 Å². The topological polar surface area (TPSA) is 64.1 Å². The zero-order chi connectivity index (χ0) is 12.8. The van der Waals surface area contributed by atoms with E-state index >= 15 is 0 Å². The highest BCUT2D eigenvalue weighted by atomic mass is 16.5. The molecule has 0 aromatic carbocycles. The molecule has 1 aromatic heterocycles. The lowest BCUT2D eigenvalue weighted by Crippen LogP contribution is -2.11. The number of methoxy groups -OCH3 is 1. The van der Waals surface area contributed by atoms with Gasteiger partial charge in [-0.2, -0.15) is 5.10 Å². The Balaban J connectivity index is 1.81. The summed E-state index contributed by atoms with van der Waals surface area (Å²) in [5, 5.41) is 11.4. The Morgan fingerprint density at radius 3 is 2.78 bits per heavy atom. The molecule has 1 aliphatic rings. The van der Waals surface area contributed by atoms with E-state index in [1.165, 1.54) is 32.8 Å². The molecule has 1 heterocycles. The first-order chi connectivity index (χ1) is 8.79. The second kappa shape index (κ2) is 6.33. The number of nitrogens with one attached hydrogen (secondary N) is 1. The summed E-state index contributed by atoms with van der Waals surface area (Å²) in [4.78, 5) is 10.9. The lowest BCUT2D eigenvalue weighted by Gasteiger charge is -2.08. The molecule has 0 atom stereocenters. The van der Waals surface area contributed by atoms with E-state index in [1.54, 1.807) is 0 Å². The number of anilines is 1. The van der Waals surface area contributed by atoms with Crippen molar-refractivity contribution in [1.82, 2.24) is 10.2 Å². The number of hydrogen-bond donors (Lipinski definition) is 1. The van der Waals surface area contributed by atoms with Crippen LogP contribution in [0.25, 0.3) is 0 Å². The summed E-state index contributed by atoms with van der Waals surface area (Å²) in [5.74, 6) is 1.07. The van der Waals surface area contributed by atoms with Crippen molar-refractivity contribution in [3.8, 4) is 0 Å². The van der Waals surface area contributed by atoms with Crippen molar-refractivity contribution in [2.24, 2.45) is 0 Å². The molecule has 1 aromatic rings. The average Bonchev–Trinajstić information content (AvgIpc) is 2.93. The predicted molar refractivity (Wildman–Crippen MR) is 68.4 cm³/mol. The molecule has 0 unspecified atom stereocenters. The van der Waals surface area contributed by atoms with Crippen molar-refractivity contribution >= 4 is 11.8 Å². The Hall–Kier alpha value is -1.65. The quantitative estimate of drug-likeness (QED) is 0.810. The van der Waals surface area contributed by atoms with Crippen molar-refractivity contribution in [3.05, 3.63) is 17.8 Å². The van der Waals surface area contributed by atoms with Crippen molar-refractivity contribution in [1.29, 1.82) is 0 Å². The fourth-order valence-corrected chi connectivity index (χ4v) is 2.27. The van der Waals surface area contributed by atoms with Crippen molar-refractivity contribution in [2.45, 2.75) is 38.0 Å². The van der Waals surface area contributed by atoms with E-state index in [9.17, 15) is 4.79 Å². The molecular formula is C13H19N3O2. The molecule has 1 fully saturated rings. The largest absolute Gasteiger partial charge is 0.469 e. The molecule has 1 saturated carbocycles. The van der Waals surface area contributed by atoms with Crippen LogP contribution in [0.3, 0.4) is 0 Å². The minimum absolute atomic E-state index is 0.224. The molecule has 18 heavy (non-hydrogen) atoms. The number of carbonyl (C=O) groups is 1. The Labute approximate surface area is 107 Å². The first kappa shape index (κ1) is 12.8. The third-order valence-corrected chi connectivity index (χ3v) is 3.32. The van der Waals surface area contributed by atoms with Gasteiger partial charge in [-0.15, -0.1) is 5.10 Å². The highest BCUT2D eigenvalue weighted by Crippen LogP contribution is 2.32. The number of hydrogen-bond acceptors (Lipinski definition) is 5. The summed E-state index contributed by atoms with van der Waals surface area (Å²) in [6.45, 7) is 0.518. The Kier molecular flexibility index (Phi) is 4.50. The van der Waals surface area contributed by atoms with E-state index < -0.39 is 0 Å². The number of esters is 1. The van der Waals surface area contributed by atoms with Gasteiger partial charge in [0.25, 0.3) is 0 Å². The summed E-state index contributed by atoms with van der Waals surface area (Å²) in [6.07, 6.45) is 5.38. The lowest BCUT2D eigenvalue weighted by atomic mass is 10.0. The molecule has 0 saturated heterocycles. The van der Waals surface area contributed by atoms with Crippen LogP contribution in [0.2, 0.25) is 0 Å². The predicted octanol–water partition coefficient (Wildman–Crippen LogP) is 2.11. The van der Waals surface area contributed by atoms with Gasteiger partial charge in [-0.05, 0) is 25.0 Å². The number of aromatic nitrogens is 2. The van der Waals surface area contributed by atoms with Crippen molar-refractivity contribution in [3.63, 3.8) is 0 Å². The molecular weight excluding hydrogens is 230 g/mol. The fourth-order valence-electron chi connectivity index (χ4n) is 2.27. The molecule has 0 radical (unpaired) electrons. The average molecular weight is 249 g/mol. The van der Waals surface area contributed by atoms with Gasteiger partial charge in [-0.1, -0.05) is 12.8 Å².